The van der Waals surface area contributed by atoms with E-state index in [1.165, 1.54) is 25.9 Å². The molecule has 0 bridgehead atoms. The van der Waals surface area contributed by atoms with Crippen LogP contribution < -0.4 is 11.5 Å². The highest BCUT2D eigenvalue weighted by Crippen LogP contribution is 1.96. The van der Waals surface area contributed by atoms with Gasteiger partial charge in [-0.25, -0.2) is 0 Å². The van der Waals surface area contributed by atoms with Gasteiger partial charge in [-0.15, -0.1) is 0 Å². The van der Waals surface area contributed by atoms with Gasteiger partial charge in [0.25, 0.3) is 0 Å². The Hall–Kier alpha value is -0.160. The van der Waals surface area contributed by atoms with Gasteiger partial charge in [0.05, 0.1) is 0 Å². The van der Waals surface area contributed by atoms with Gasteiger partial charge >= 0.3 is 0 Å². The summed E-state index contributed by atoms with van der Waals surface area (Å²) < 4.78 is 0. The minimum Gasteiger partial charge on any atom is -0.330 e. The molecule has 0 aromatic heterocycles. The molecule has 98 valence electrons. The van der Waals surface area contributed by atoms with Gasteiger partial charge in [0.1, 0.15) is 0 Å². The van der Waals surface area contributed by atoms with Crippen molar-refractivity contribution in [3.8, 4) is 0 Å². The maximum Gasteiger partial charge on any atom is -0.000977 e. The van der Waals surface area contributed by atoms with Gasteiger partial charge in [-0.3, -0.25) is 0 Å². The van der Waals surface area contributed by atoms with Crippen molar-refractivity contribution in [2.75, 3.05) is 53.4 Å². The smallest absolute Gasteiger partial charge is 0.000977 e. The average molecular weight is 230 g/mol. The molecule has 0 spiro atoms. The minimum atomic E-state index is 0.798. The molecule has 0 radical (unpaired) electrons. The number of nitrogens with two attached hydrogens (primary N) is 2. The molecule has 0 amide bonds. The summed E-state index contributed by atoms with van der Waals surface area (Å²) in [7, 11) is 4.35. The second-order valence-electron chi connectivity index (χ2n) is 4.60. The van der Waals surface area contributed by atoms with Crippen LogP contribution in [0.3, 0.4) is 0 Å². The zero-order valence-electron chi connectivity index (χ0n) is 11.1. The highest BCUT2D eigenvalue weighted by atomic mass is 15.1. The second-order valence-corrected chi connectivity index (χ2v) is 4.60. The van der Waals surface area contributed by atoms with Crippen LogP contribution in [-0.2, 0) is 0 Å². The van der Waals surface area contributed by atoms with E-state index in [0.29, 0.717) is 0 Å². The number of hydrogen-bond acceptors (Lipinski definition) is 4. The summed E-state index contributed by atoms with van der Waals surface area (Å²) in [6.45, 7) is 6.22. The molecule has 0 aromatic carbocycles. The third-order valence-corrected chi connectivity index (χ3v) is 2.82. The first-order valence-electron chi connectivity index (χ1n) is 6.48. The predicted molar refractivity (Wildman–Crippen MR) is 71.6 cm³/mol. The molecule has 0 fully saturated rings. The Morgan fingerprint density at radius 1 is 0.625 bits per heavy atom. The van der Waals surface area contributed by atoms with Crippen LogP contribution in [0.5, 0.6) is 0 Å². The molecule has 0 aliphatic heterocycles. The van der Waals surface area contributed by atoms with E-state index < -0.39 is 0 Å². The van der Waals surface area contributed by atoms with Crippen LogP contribution in [0.15, 0.2) is 0 Å². The van der Waals surface area contributed by atoms with E-state index in [-0.39, 0.29) is 0 Å². The van der Waals surface area contributed by atoms with E-state index in [2.05, 4.69) is 23.9 Å². The van der Waals surface area contributed by atoms with Crippen LogP contribution in [0.4, 0.5) is 0 Å². The van der Waals surface area contributed by atoms with Gasteiger partial charge in [-0.1, -0.05) is 0 Å². The van der Waals surface area contributed by atoms with Gasteiger partial charge in [0.2, 0.25) is 0 Å². The fourth-order valence-corrected chi connectivity index (χ4v) is 1.71. The molecule has 0 saturated heterocycles. The summed E-state index contributed by atoms with van der Waals surface area (Å²) in [6.07, 6.45) is 4.75. The van der Waals surface area contributed by atoms with E-state index in [0.717, 1.165) is 39.0 Å². The zero-order chi connectivity index (χ0) is 12.2. The summed E-state index contributed by atoms with van der Waals surface area (Å²) in [6, 6.07) is 0. The van der Waals surface area contributed by atoms with Crippen molar-refractivity contribution in [1.29, 1.82) is 0 Å². The first-order valence-corrected chi connectivity index (χ1v) is 6.48. The molecule has 16 heavy (non-hydrogen) atoms. The molecule has 0 aliphatic carbocycles. The van der Waals surface area contributed by atoms with Crippen LogP contribution >= 0.6 is 0 Å². The topological polar surface area (TPSA) is 58.5 Å². The minimum absolute atomic E-state index is 0.798. The maximum absolute atomic E-state index is 5.47. The molecule has 0 aliphatic rings. The van der Waals surface area contributed by atoms with E-state index in [1.807, 2.05) is 0 Å². The van der Waals surface area contributed by atoms with Crippen molar-refractivity contribution in [3.63, 3.8) is 0 Å². The monoisotopic (exact) mass is 230 g/mol. The molecule has 0 aromatic rings. The lowest BCUT2D eigenvalue weighted by Gasteiger charge is -2.18. The zero-order valence-corrected chi connectivity index (χ0v) is 11.1. The van der Waals surface area contributed by atoms with E-state index in [9.17, 15) is 0 Å². The summed E-state index contributed by atoms with van der Waals surface area (Å²) in [5.74, 6) is 0. The number of rotatable bonds is 11. The van der Waals surface area contributed by atoms with Gasteiger partial charge in [0.15, 0.2) is 0 Å². The second kappa shape index (κ2) is 11.3. The first kappa shape index (κ1) is 15.8. The molecule has 0 atom stereocenters. The van der Waals surface area contributed by atoms with Crippen LogP contribution in [0.25, 0.3) is 0 Å². The van der Waals surface area contributed by atoms with E-state index in [4.69, 9.17) is 11.5 Å². The first-order chi connectivity index (χ1) is 7.70. The molecule has 0 heterocycles. The lowest BCUT2D eigenvalue weighted by molar-refractivity contribution is 0.291. The molecule has 4 heteroatoms. The van der Waals surface area contributed by atoms with Gasteiger partial charge < -0.3 is 21.3 Å². The van der Waals surface area contributed by atoms with Crippen molar-refractivity contribution < 1.29 is 0 Å². The third kappa shape index (κ3) is 10.4. The molecule has 0 rings (SSSR count). The average Bonchev–Trinajstić information content (AvgIpc) is 2.29. The Bertz CT molecular complexity index is 125. The Balaban J connectivity index is 3.24. The SMILES string of the molecule is CN(CCCN)CCCCN(C)CCCN. The highest BCUT2D eigenvalue weighted by molar-refractivity contribution is 4.56. The molecule has 4 N–H and O–H groups in total. The standard InChI is InChI=1S/C12H30N4/c1-15(11-5-7-13)9-3-4-10-16(2)12-6-8-14/h3-14H2,1-2H3. The molecular weight excluding hydrogens is 200 g/mol. The lowest BCUT2D eigenvalue weighted by Crippen LogP contribution is -2.25. The summed E-state index contributed by atoms with van der Waals surface area (Å²) in [5, 5.41) is 0. The van der Waals surface area contributed by atoms with Crippen molar-refractivity contribution >= 4 is 0 Å². The lowest BCUT2D eigenvalue weighted by atomic mass is 10.2. The number of hydrogen-bond donors (Lipinski definition) is 2. The van der Waals surface area contributed by atoms with Crippen LogP contribution in [0.2, 0.25) is 0 Å². The van der Waals surface area contributed by atoms with Gasteiger partial charge in [-0.05, 0) is 79.0 Å². The Morgan fingerprint density at radius 2 is 0.938 bits per heavy atom. The van der Waals surface area contributed by atoms with Crippen molar-refractivity contribution in [3.05, 3.63) is 0 Å². The fraction of sp³-hybridized carbons (Fsp3) is 1.00. The van der Waals surface area contributed by atoms with Crippen LogP contribution in [0.1, 0.15) is 25.7 Å². The van der Waals surface area contributed by atoms with Gasteiger partial charge in [-0.2, -0.15) is 0 Å². The Kier molecular flexibility index (Phi) is 11.2. The number of nitrogens with zero attached hydrogens (tertiary/aromatic N) is 2. The summed E-state index contributed by atoms with van der Waals surface area (Å²) >= 11 is 0. The van der Waals surface area contributed by atoms with Crippen LogP contribution in [-0.4, -0.2) is 63.2 Å². The molecule has 0 unspecified atom stereocenters. The Labute approximate surface area is 101 Å². The summed E-state index contributed by atoms with van der Waals surface area (Å²) in [4.78, 5) is 4.74. The van der Waals surface area contributed by atoms with Crippen molar-refractivity contribution in [2.45, 2.75) is 25.7 Å². The fourth-order valence-electron chi connectivity index (χ4n) is 1.71. The third-order valence-electron chi connectivity index (χ3n) is 2.82. The molecule has 4 nitrogen and oxygen atoms in total. The van der Waals surface area contributed by atoms with Gasteiger partial charge in [0, 0.05) is 0 Å². The van der Waals surface area contributed by atoms with Crippen molar-refractivity contribution in [2.24, 2.45) is 11.5 Å². The van der Waals surface area contributed by atoms with E-state index in [1.54, 1.807) is 0 Å². The predicted octanol–water partition coefficient (Wildman–Crippen LogP) is 0.328. The van der Waals surface area contributed by atoms with Crippen LogP contribution in [0, 0.1) is 0 Å². The quantitative estimate of drug-likeness (QED) is 0.502. The largest absolute Gasteiger partial charge is 0.330 e. The normalized spacial score (nSPS) is 11.6. The highest BCUT2D eigenvalue weighted by Gasteiger charge is 1.99. The molecular formula is C12H30N4. The maximum atomic E-state index is 5.47. The molecule has 0 saturated carbocycles. The van der Waals surface area contributed by atoms with E-state index >= 15 is 0 Å². The Morgan fingerprint density at radius 3 is 1.25 bits per heavy atom. The summed E-state index contributed by atoms with van der Waals surface area (Å²) in [5.41, 5.74) is 10.9. The number of unbranched alkanes of at least 4 members (excludes halogenated alkanes) is 1. The van der Waals surface area contributed by atoms with Crippen molar-refractivity contribution in [1.82, 2.24) is 9.80 Å².